The molecular weight excluding hydrogens is 436 g/mol. The lowest BCUT2D eigenvalue weighted by atomic mass is 9.87. The average Bonchev–Trinajstić information content (AvgIpc) is 3.31. The summed E-state index contributed by atoms with van der Waals surface area (Å²) in [5.41, 5.74) is 7.60. The van der Waals surface area contributed by atoms with Crippen LogP contribution < -0.4 is 9.64 Å². The van der Waals surface area contributed by atoms with Crippen molar-refractivity contribution in [2.75, 3.05) is 18.6 Å². The number of rotatable bonds is 5. The van der Waals surface area contributed by atoms with Crippen LogP contribution >= 0.6 is 0 Å². The summed E-state index contributed by atoms with van der Waals surface area (Å²) >= 11 is 0. The molecule has 1 aliphatic carbocycles. The van der Waals surface area contributed by atoms with Gasteiger partial charge in [0.1, 0.15) is 11.4 Å². The zero-order chi connectivity index (χ0) is 24.6. The lowest BCUT2D eigenvalue weighted by Gasteiger charge is -2.20. The molecule has 0 aliphatic heterocycles. The predicted molar refractivity (Wildman–Crippen MR) is 139 cm³/mol. The van der Waals surface area contributed by atoms with E-state index in [-0.39, 0.29) is 17.9 Å². The highest BCUT2D eigenvalue weighted by Crippen LogP contribution is 2.38. The van der Waals surface area contributed by atoms with E-state index in [4.69, 9.17) is 9.26 Å². The molecule has 5 heteroatoms. The first-order valence-corrected chi connectivity index (χ1v) is 12.0. The molecule has 0 saturated carbocycles. The van der Waals surface area contributed by atoms with Crippen LogP contribution in [0.25, 0.3) is 22.6 Å². The number of benzene rings is 3. The summed E-state index contributed by atoms with van der Waals surface area (Å²) in [6.45, 7) is 6.48. The highest BCUT2D eigenvalue weighted by atomic mass is 16.5. The van der Waals surface area contributed by atoms with Crippen molar-refractivity contribution in [1.82, 2.24) is 5.16 Å². The number of nitrogens with zero attached hydrogens (tertiary/aromatic N) is 2. The molecule has 1 amide bonds. The standard InChI is InChI=1S/C30H30N2O3/c1-30(2,3)22-12-16-24(17-13-22)34-19-27(33)32(4)23-14-9-21(10-15-23)29-26-18-11-20-7-5-6-8-25(20)28(26)31-35-29/h5-10,12-17H,11,18-19H2,1-4H3. The molecule has 0 unspecified atom stereocenters. The Bertz CT molecular complexity index is 1350. The zero-order valence-corrected chi connectivity index (χ0v) is 20.7. The number of hydrogen-bond acceptors (Lipinski definition) is 4. The number of ether oxygens (including phenoxy) is 1. The van der Waals surface area contributed by atoms with Gasteiger partial charge in [-0.2, -0.15) is 0 Å². The van der Waals surface area contributed by atoms with Crippen molar-refractivity contribution < 1.29 is 14.1 Å². The molecule has 0 bridgehead atoms. The Morgan fingerprint density at radius 3 is 2.40 bits per heavy atom. The van der Waals surface area contributed by atoms with Crippen molar-refractivity contribution in [3.8, 4) is 28.3 Å². The molecule has 1 aromatic heterocycles. The maximum absolute atomic E-state index is 12.7. The van der Waals surface area contributed by atoms with E-state index in [1.807, 2.05) is 54.6 Å². The largest absolute Gasteiger partial charge is 0.484 e. The molecule has 0 radical (unpaired) electrons. The number of aryl methyl sites for hydroxylation is 1. The minimum atomic E-state index is -0.119. The van der Waals surface area contributed by atoms with Crippen LogP contribution in [-0.4, -0.2) is 24.7 Å². The molecule has 4 aromatic rings. The average molecular weight is 467 g/mol. The lowest BCUT2D eigenvalue weighted by molar-refractivity contribution is -0.120. The molecule has 5 rings (SSSR count). The highest BCUT2D eigenvalue weighted by molar-refractivity contribution is 5.94. The van der Waals surface area contributed by atoms with Crippen molar-refractivity contribution in [3.63, 3.8) is 0 Å². The SMILES string of the molecule is CN(C(=O)COc1ccc(C(C)(C)C)cc1)c1ccc(-c2onc3c2CCc2ccccc2-3)cc1. The fourth-order valence-corrected chi connectivity index (χ4v) is 4.48. The van der Waals surface area contributed by atoms with Crippen LogP contribution in [0.1, 0.15) is 37.5 Å². The number of hydrogen-bond donors (Lipinski definition) is 0. The first-order valence-electron chi connectivity index (χ1n) is 12.0. The van der Waals surface area contributed by atoms with Gasteiger partial charge in [0.2, 0.25) is 0 Å². The van der Waals surface area contributed by atoms with E-state index in [1.165, 1.54) is 11.1 Å². The quantitative estimate of drug-likeness (QED) is 0.339. The van der Waals surface area contributed by atoms with Crippen LogP contribution in [0.2, 0.25) is 0 Å². The van der Waals surface area contributed by atoms with Crippen LogP contribution in [0, 0.1) is 0 Å². The van der Waals surface area contributed by atoms with E-state index < -0.39 is 0 Å². The number of likely N-dealkylation sites (N-methyl/N-ethyl adjacent to an activating group) is 1. The number of aromatic nitrogens is 1. The third-order valence-corrected chi connectivity index (χ3v) is 6.68. The van der Waals surface area contributed by atoms with Crippen molar-refractivity contribution in [2.24, 2.45) is 0 Å². The molecule has 3 aromatic carbocycles. The van der Waals surface area contributed by atoms with E-state index in [2.05, 4.69) is 44.1 Å². The normalized spacial score (nSPS) is 12.6. The van der Waals surface area contributed by atoms with E-state index >= 15 is 0 Å². The van der Waals surface area contributed by atoms with Gasteiger partial charge in [-0.15, -0.1) is 0 Å². The zero-order valence-electron chi connectivity index (χ0n) is 20.7. The molecule has 1 aliphatic rings. The van der Waals surface area contributed by atoms with Gasteiger partial charge < -0.3 is 14.2 Å². The maximum Gasteiger partial charge on any atom is 0.264 e. The summed E-state index contributed by atoms with van der Waals surface area (Å²) in [6.07, 6.45) is 1.88. The van der Waals surface area contributed by atoms with E-state index in [9.17, 15) is 4.79 Å². The topological polar surface area (TPSA) is 55.6 Å². The number of amides is 1. The van der Waals surface area contributed by atoms with Gasteiger partial charge in [0.25, 0.3) is 5.91 Å². The van der Waals surface area contributed by atoms with Crippen molar-refractivity contribution in [2.45, 2.75) is 39.0 Å². The van der Waals surface area contributed by atoms with E-state index in [1.54, 1.807) is 11.9 Å². The molecule has 0 atom stereocenters. The molecule has 0 N–H and O–H groups in total. The summed E-state index contributed by atoms with van der Waals surface area (Å²) < 4.78 is 11.5. The van der Waals surface area contributed by atoms with Gasteiger partial charge in [-0.25, -0.2) is 0 Å². The summed E-state index contributed by atoms with van der Waals surface area (Å²) in [5.74, 6) is 1.37. The monoisotopic (exact) mass is 466 g/mol. The van der Waals surface area contributed by atoms with Crippen LogP contribution in [0.3, 0.4) is 0 Å². The van der Waals surface area contributed by atoms with Crippen molar-refractivity contribution in [3.05, 3.63) is 89.5 Å². The summed E-state index contributed by atoms with van der Waals surface area (Å²) in [7, 11) is 1.76. The van der Waals surface area contributed by atoms with E-state index in [0.29, 0.717) is 5.75 Å². The van der Waals surface area contributed by atoms with Crippen molar-refractivity contribution in [1.29, 1.82) is 0 Å². The van der Waals surface area contributed by atoms with E-state index in [0.717, 1.165) is 46.7 Å². The second-order valence-electron chi connectivity index (χ2n) is 10.1. The molecule has 178 valence electrons. The molecule has 0 spiro atoms. The summed E-state index contributed by atoms with van der Waals surface area (Å²) in [5, 5.41) is 4.38. The smallest absolute Gasteiger partial charge is 0.264 e. The van der Waals surface area contributed by atoms with Gasteiger partial charge in [-0.3, -0.25) is 4.79 Å². The first kappa shape index (κ1) is 22.9. The Morgan fingerprint density at radius 2 is 1.69 bits per heavy atom. The fourth-order valence-electron chi connectivity index (χ4n) is 4.48. The molecular formula is C30H30N2O3. The second-order valence-corrected chi connectivity index (χ2v) is 10.1. The molecule has 0 fully saturated rings. The third-order valence-electron chi connectivity index (χ3n) is 6.68. The summed E-state index contributed by atoms with van der Waals surface area (Å²) in [4.78, 5) is 14.3. The number of anilines is 1. The van der Waals surface area contributed by atoms with Crippen LogP contribution in [-0.2, 0) is 23.1 Å². The van der Waals surface area contributed by atoms with Crippen LogP contribution in [0.15, 0.2) is 77.3 Å². The van der Waals surface area contributed by atoms with Crippen molar-refractivity contribution >= 4 is 11.6 Å². The number of carbonyl (C=O) groups is 1. The minimum absolute atomic E-state index is 0.0257. The van der Waals surface area contributed by atoms with Gasteiger partial charge in [-0.1, -0.05) is 62.3 Å². The molecule has 0 saturated heterocycles. The van der Waals surface area contributed by atoms with Gasteiger partial charge in [0.15, 0.2) is 12.4 Å². The Hall–Kier alpha value is -3.86. The highest BCUT2D eigenvalue weighted by Gasteiger charge is 2.24. The third kappa shape index (κ3) is 4.59. The lowest BCUT2D eigenvalue weighted by Crippen LogP contribution is -2.31. The van der Waals surface area contributed by atoms with Gasteiger partial charge in [-0.05, 0) is 65.8 Å². The maximum atomic E-state index is 12.7. The first-order chi connectivity index (χ1) is 16.8. The van der Waals surface area contributed by atoms with Gasteiger partial charge >= 0.3 is 0 Å². The molecule has 1 heterocycles. The van der Waals surface area contributed by atoms with Crippen LogP contribution in [0.4, 0.5) is 5.69 Å². The predicted octanol–water partition coefficient (Wildman–Crippen LogP) is 6.45. The number of carbonyl (C=O) groups excluding carboxylic acids is 1. The molecule has 35 heavy (non-hydrogen) atoms. The minimum Gasteiger partial charge on any atom is -0.484 e. The second kappa shape index (κ2) is 9.06. The number of fused-ring (bicyclic) bond motifs is 3. The fraction of sp³-hybridized carbons (Fsp3) is 0.267. The van der Waals surface area contributed by atoms with Crippen LogP contribution in [0.5, 0.6) is 5.75 Å². The Kier molecular flexibility index (Phi) is 5.93. The van der Waals surface area contributed by atoms with Gasteiger partial charge in [0.05, 0.1) is 0 Å². The Balaban J connectivity index is 1.26. The Morgan fingerprint density at radius 1 is 0.971 bits per heavy atom. The Labute approximate surface area is 206 Å². The summed E-state index contributed by atoms with van der Waals surface area (Å²) in [6, 6.07) is 24.1. The van der Waals surface area contributed by atoms with Gasteiger partial charge in [0, 0.05) is 29.4 Å². The molecule has 5 nitrogen and oxygen atoms in total.